The van der Waals surface area contributed by atoms with E-state index in [4.69, 9.17) is 0 Å². The predicted octanol–water partition coefficient (Wildman–Crippen LogP) is 5.56. The molecule has 0 radical (unpaired) electrons. The van der Waals surface area contributed by atoms with Crippen LogP contribution in [0.1, 0.15) is 43.7 Å². The maximum atomic E-state index is 12.8. The number of alkyl halides is 6. The largest absolute Gasteiger partial charge is 0.411 e. The molecule has 0 aliphatic heterocycles. The lowest BCUT2D eigenvalue weighted by atomic mass is 9.85. The number of halogens is 7. The highest BCUT2D eigenvalue weighted by atomic mass is 127. The second kappa shape index (κ2) is 12.7. The fourth-order valence-corrected chi connectivity index (χ4v) is 3.35. The highest BCUT2D eigenvalue weighted by Crippen LogP contribution is 2.37. The fourth-order valence-electron chi connectivity index (χ4n) is 3.35. The third kappa shape index (κ3) is 10.8. The van der Waals surface area contributed by atoms with Gasteiger partial charge < -0.3 is 15.4 Å². The molecule has 1 saturated carbocycles. The molecule has 0 heterocycles. The Kier molecular flexibility index (Phi) is 11.4. The molecule has 0 amide bonds. The van der Waals surface area contributed by atoms with Gasteiger partial charge in [0.15, 0.2) is 5.96 Å². The van der Waals surface area contributed by atoms with Crippen molar-refractivity contribution in [3.05, 3.63) is 35.4 Å². The topological polar surface area (TPSA) is 45.7 Å². The highest BCUT2D eigenvalue weighted by Gasteiger charge is 2.41. The van der Waals surface area contributed by atoms with Crippen molar-refractivity contribution in [1.82, 2.24) is 10.6 Å². The van der Waals surface area contributed by atoms with E-state index in [0.29, 0.717) is 30.9 Å². The zero-order valence-corrected chi connectivity index (χ0v) is 19.5. The Bertz CT molecular complexity index is 688. The molecule has 0 aromatic heterocycles. The van der Waals surface area contributed by atoms with Crippen LogP contribution in [0.5, 0.6) is 0 Å². The Balaban J connectivity index is 0.00000480. The van der Waals surface area contributed by atoms with Gasteiger partial charge in [-0.3, -0.25) is 0 Å². The summed E-state index contributed by atoms with van der Waals surface area (Å²) < 4.78 is 79.6. The number of hydrogen-bond acceptors (Lipinski definition) is 2. The minimum Gasteiger partial charge on any atom is -0.367 e. The van der Waals surface area contributed by atoms with Gasteiger partial charge in [0.05, 0.1) is 19.1 Å². The summed E-state index contributed by atoms with van der Waals surface area (Å²) in [6, 6.07) is 6.83. The molecule has 2 rings (SSSR count). The minimum absolute atomic E-state index is 0. The molecule has 0 bridgehead atoms. The molecule has 0 atom stereocenters. The zero-order valence-electron chi connectivity index (χ0n) is 17.2. The van der Waals surface area contributed by atoms with Gasteiger partial charge in [0.2, 0.25) is 0 Å². The van der Waals surface area contributed by atoms with Crippen molar-refractivity contribution in [3.63, 3.8) is 0 Å². The van der Waals surface area contributed by atoms with Gasteiger partial charge in [0.1, 0.15) is 6.61 Å². The molecule has 2 N–H and O–H groups in total. The standard InChI is InChI=1S/C20H27F6N3O.HI/c1-2-27-18(29-17-8-6-16(7-9-17)20(24,25)26)28-11-14-4-3-5-15(10-14)12-30-13-19(21,22)23;/h3-5,10,16-17H,2,6-9,11-13H2,1H3,(H2,27,28,29);1H. The lowest BCUT2D eigenvalue weighted by Gasteiger charge is -2.31. The first-order valence-electron chi connectivity index (χ1n) is 9.90. The van der Waals surface area contributed by atoms with Crippen LogP contribution in [0.15, 0.2) is 29.3 Å². The molecule has 178 valence electrons. The van der Waals surface area contributed by atoms with E-state index >= 15 is 0 Å². The summed E-state index contributed by atoms with van der Waals surface area (Å²) in [5.41, 5.74) is 1.40. The summed E-state index contributed by atoms with van der Waals surface area (Å²) in [6.45, 7) is 1.30. The van der Waals surface area contributed by atoms with E-state index in [2.05, 4.69) is 20.4 Å². The first kappa shape index (κ1) is 27.8. The van der Waals surface area contributed by atoms with Crippen LogP contribution in [0, 0.1) is 5.92 Å². The lowest BCUT2D eigenvalue weighted by Crippen LogP contribution is -2.45. The quantitative estimate of drug-likeness (QED) is 0.197. The van der Waals surface area contributed by atoms with Crippen LogP contribution in [-0.4, -0.2) is 37.5 Å². The molecule has 11 heteroatoms. The molecule has 1 aromatic carbocycles. The third-order valence-corrected chi connectivity index (χ3v) is 4.82. The van der Waals surface area contributed by atoms with Crippen molar-refractivity contribution < 1.29 is 31.1 Å². The van der Waals surface area contributed by atoms with E-state index in [1.54, 1.807) is 24.3 Å². The second-order valence-electron chi connectivity index (χ2n) is 7.36. The summed E-state index contributed by atoms with van der Waals surface area (Å²) in [4.78, 5) is 4.46. The van der Waals surface area contributed by atoms with Crippen molar-refractivity contribution in [2.75, 3.05) is 13.2 Å². The van der Waals surface area contributed by atoms with Crippen molar-refractivity contribution in [1.29, 1.82) is 0 Å². The number of rotatable bonds is 7. The Morgan fingerprint density at radius 3 is 2.29 bits per heavy atom. The molecule has 0 saturated heterocycles. The van der Waals surface area contributed by atoms with Gasteiger partial charge in [-0.05, 0) is 43.7 Å². The molecule has 1 aliphatic carbocycles. The Morgan fingerprint density at radius 2 is 1.71 bits per heavy atom. The average molecular weight is 567 g/mol. The third-order valence-electron chi connectivity index (χ3n) is 4.82. The summed E-state index contributed by atoms with van der Waals surface area (Å²) in [5, 5.41) is 6.26. The number of nitrogens with one attached hydrogen (secondary N) is 2. The Labute approximate surface area is 195 Å². The van der Waals surface area contributed by atoms with Crippen LogP contribution in [-0.2, 0) is 17.9 Å². The number of nitrogens with zero attached hydrogens (tertiary/aromatic N) is 1. The van der Waals surface area contributed by atoms with Crippen molar-refractivity contribution in [3.8, 4) is 0 Å². The van der Waals surface area contributed by atoms with Crippen molar-refractivity contribution in [2.45, 2.75) is 64.2 Å². The van der Waals surface area contributed by atoms with Crippen LogP contribution < -0.4 is 10.6 Å². The van der Waals surface area contributed by atoms with E-state index in [1.807, 2.05) is 6.92 Å². The van der Waals surface area contributed by atoms with Crippen LogP contribution in [0.2, 0.25) is 0 Å². The van der Waals surface area contributed by atoms with Crippen LogP contribution in [0.4, 0.5) is 26.3 Å². The van der Waals surface area contributed by atoms with Gasteiger partial charge in [0.25, 0.3) is 0 Å². The normalized spacial score (nSPS) is 20.2. The summed E-state index contributed by atoms with van der Waals surface area (Å²) >= 11 is 0. The van der Waals surface area contributed by atoms with Gasteiger partial charge in [-0.15, -0.1) is 24.0 Å². The molecule has 4 nitrogen and oxygen atoms in total. The van der Waals surface area contributed by atoms with Crippen molar-refractivity contribution in [2.24, 2.45) is 10.9 Å². The second-order valence-corrected chi connectivity index (χ2v) is 7.36. The predicted molar refractivity (Wildman–Crippen MR) is 117 cm³/mol. The maximum Gasteiger partial charge on any atom is 0.411 e. The molecule has 1 aliphatic rings. The van der Waals surface area contributed by atoms with E-state index < -0.39 is 24.9 Å². The van der Waals surface area contributed by atoms with Crippen LogP contribution in [0.25, 0.3) is 0 Å². The first-order chi connectivity index (χ1) is 14.1. The van der Waals surface area contributed by atoms with Gasteiger partial charge in [-0.2, -0.15) is 26.3 Å². The monoisotopic (exact) mass is 567 g/mol. The minimum atomic E-state index is -4.37. The summed E-state index contributed by atoms with van der Waals surface area (Å²) in [7, 11) is 0. The van der Waals surface area contributed by atoms with Gasteiger partial charge in [-0.1, -0.05) is 24.3 Å². The number of ether oxygens (including phenoxy) is 1. The van der Waals surface area contributed by atoms with E-state index in [0.717, 1.165) is 5.56 Å². The van der Waals surface area contributed by atoms with Crippen LogP contribution >= 0.6 is 24.0 Å². The van der Waals surface area contributed by atoms with Gasteiger partial charge in [0, 0.05) is 12.6 Å². The SMILES string of the molecule is CCNC(=NCc1cccc(COCC(F)(F)F)c1)NC1CCC(C(F)(F)F)CC1.I. The summed E-state index contributed by atoms with van der Waals surface area (Å²) in [6.07, 6.45) is -7.48. The van der Waals surface area contributed by atoms with Crippen molar-refractivity contribution >= 4 is 29.9 Å². The molecule has 31 heavy (non-hydrogen) atoms. The van der Waals surface area contributed by atoms with E-state index in [-0.39, 0.29) is 56.0 Å². The smallest absolute Gasteiger partial charge is 0.367 e. The number of benzene rings is 1. The maximum absolute atomic E-state index is 12.8. The number of aliphatic imine (C=N–C) groups is 1. The van der Waals surface area contributed by atoms with Crippen LogP contribution in [0.3, 0.4) is 0 Å². The van der Waals surface area contributed by atoms with Gasteiger partial charge in [-0.25, -0.2) is 4.99 Å². The average Bonchev–Trinajstić information content (AvgIpc) is 2.65. The van der Waals surface area contributed by atoms with Gasteiger partial charge >= 0.3 is 12.4 Å². The first-order valence-corrected chi connectivity index (χ1v) is 9.90. The summed E-state index contributed by atoms with van der Waals surface area (Å²) in [5.74, 6) is -0.732. The highest BCUT2D eigenvalue weighted by molar-refractivity contribution is 14.0. The van der Waals surface area contributed by atoms with E-state index in [9.17, 15) is 26.3 Å². The number of hydrogen-bond donors (Lipinski definition) is 2. The molecular weight excluding hydrogens is 539 g/mol. The number of guanidine groups is 1. The molecule has 1 fully saturated rings. The molecule has 0 unspecified atom stereocenters. The van der Waals surface area contributed by atoms with E-state index in [1.165, 1.54) is 0 Å². The molecule has 0 spiro atoms. The zero-order chi connectivity index (χ0) is 22.2. The molecule has 1 aromatic rings. The fraction of sp³-hybridized carbons (Fsp3) is 0.650. The Hall–Kier alpha value is -1.24. The lowest BCUT2D eigenvalue weighted by molar-refractivity contribution is -0.182. The molecular formula is C20H28F6IN3O. The Morgan fingerprint density at radius 1 is 1.06 bits per heavy atom.